The van der Waals surface area contributed by atoms with Crippen molar-refractivity contribution in [3.8, 4) is 16.9 Å². The van der Waals surface area contributed by atoms with E-state index < -0.39 is 6.10 Å². The molecule has 2 aliphatic heterocycles. The summed E-state index contributed by atoms with van der Waals surface area (Å²) < 4.78 is 7.33. The number of nitrogens with zero attached hydrogens (tertiary/aromatic N) is 3. The molecule has 1 saturated heterocycles. The first-order valence-electron chi connectivity index (χ1n) is 12.3. The lowest BCUT2D eigenvalue weighted by atomic mass is 10.0. The van der Waals surface area contributed by atoms with E-state index in [2.05, 4.69) is 17.4 Å². The van der Waals surface area contributed by atoms with Crippen LogP contribution in [0.15, 0.2) is 53.4 Å². The second kappa shape index (κ2) is 11.3. The van der Waals surface area contributed by atoms with Gasteiger partial charge in [-0.05, 0) is 43.0 Å². The normalized spacial score (nSPS) is 15.6. The Balaban J connectivity index is 1.48. The molecule has 0 aliphatic carbocycles. The van der Waals surface area contributed by atoms with Gasteiger partial charge < -0.3 is 20.1 Å². The third-order valence-electron chi connectivity index (χ3n) is 6.57. The Bertz CT molecular complexity index is 1240. The number of thioether (sulfide) groups is 1. The Morgan fingerprint density at radius 1 is 1.19 bits per heavy atom. The monoisotopic (exact) mass is 506 g/mol. The molecule has 2 N–H and O–H groups in total. The van der Waals surface area contributed by atoms with Crippen LogP contribution in [-0.4, -0.2) is 71.1 Å². The summed E-state index contributed by atoms with van der Waals surface area (Å²) in [6, 6.07) is 16.2. The zero-order valence-electron chi connectivity index (χ0n) is 20.1. The fourth-order valence-electron chi connectivity index (χ4n) is 4.76. The van der Waals surface area contributed by atoms with E-state index in [4.69, 9.17) is 9.84 Å². The lowest BCUT2D eigenvalue weighted by Gasteiger charge is -2.26. The highest BCUT2D eigenvalue weighted by Crippen LogP contribution is 2.43. The van der Waals surface area contributed by atoms with Crippen molar-refractivity contribution < 1.29 is 19.4 Å². The summed E-state index contributed by atoms with van der Waals surface area (Å²) >= 11 is 1.73. The van der Waals surface area contributed by atoms with Gasteiger partial charge in [0, 0.05) is 41.4 Å². The number of nitrogens with one attached hydrogen (secondary N) is 1. The number of hydrogen-bond acceptors (Lipinski definition) is 6. The molecule has 1 aromatic heterocycles. The maximum atomic E-state index is 13.5. The molecule has 1 fully saturated rings. The molecule has 9 heteroatoms. The van der Waals surface area contributed by atoms with Crippen LogP contribution in [0.25, 0.3) is 16.9 Å². The molecule has 5 rings (SSSR count). The third-order valence-corrected chi connectivity index (χ3v) is 7.67. The molecule has 0 saturated carbocycles. The predicted octanol–water partition coefficient (Wildman–Crippen LogP) is 3.05. The number of ether oxygens (including phenoxy) is 1. The molecular formula is C27H30N4O4S. The molecule has 0 spiro atoms. The third kappa shape index (κ3) is 5.18. The molecule has 0 radical (unpaired) electrons. The van der Waals surface area contributed by atoms with Crippen molar-refractivity contribution in [2.24, 2.45) is 0 Å². The summed E-state index contributed by atoms with van der Waals surface area (Å²) in [4.78, 5) is 26.9. The highest BCUT2D eigenvalue weighted by molar-refractivity contribution is 7.98. The maximum Gasteiger partial charge on any atom is 0.274 e. The summed E-state index contributed by atoms with van der Waals surface area (Å²) in [6.07, 6.45) is 1.99. The van der Waals surface area contributed by atoms with Gasteiger partial charge in [0.2, 0.25) is 6.41 Å². The number of hydrogen-bond donors (Lipinski definition) is 2. The van der Waals surface area contributed by atoms with Crippen molar-refractivity contribution in [1.82, 2.24) is 20.0 Å². The van der Waals surface area contributed by atoms with Gasteiger partial charge in [-0.3, -0.25) is 9.59 Å². The molecule has 0 bridgehead atoms. The zero-order chi connectivity index (χ0) is 24.9. The van der Waals surface area contributed by atoms with E-state index >= 15 is 0 Å². The Hall–Kier alpha value is -3.14. The van der Waals surface area contributed by atoms with Crippen molar-refractivity contribution in [3.05, 3.63) is 65.4 Å². The van der Waals surface area contributed by atoms with Crippen LogP contribution in [0.5, 0.6) is 0 Å². The minimum atomic E-state index is -0.504. The number of carbonyl (C=O) groups is 2. The van der Waals surface area contributed by atoms with Crippen molar-refractivity contribution in [2.75, 3.05) is 32.8 Å². The van der Waals surface area contributed by atoms with E-state index in [0.717, 1.165) is 28.1 Å². The summed E-state index contributed by atoms with van der Waals surface area (Å²) in [5.41, 5.74) is 5.35. The van der Waals surface area contributed by atoms with Gasteiger partial charge in [-0.1, -0.05) is 30.3 Å². The lowest BCUT2D eigenvalue weighted by molar-refractivity contribution is -0.109. The van der Waals surface area contributed by atoms with Gasteiger partial charge in [-0.15, -0.1) is 11.8 Å². The predicted molar refractivity (Wildman–Crippen MR) is 138 cm³/mol. The minimum absolute atomic E-state index is 0.0520. The second-order valence-electron chi connectivity index (χ2n) is 9.02. The number of rotatable bonds is 9. The SMILES string of the molecule is O=CNCCCC(O)Cc1cccc(-n2nc(C(=O)N3CCOCC3)c3c2-c2ccccc2SC3)c1. The van der Waals surface area contributed by atoms with Crippen molar-refractivity contribution >= 4 is 24.1 Å². The molecular weight excluding hydrogens is 476 g/mol. The summed E-state index contributed by atoms with van der Waals surface area (Å²) in [7, 11) is 0. The van der Waals surface area contributed by atoms with E-state index in [1.807, 2.05) is 46.0 Å². The zero-order valence-corrected chi connectivity index (χ0v) is 20.9. The molecule has 3 aromatic rings. The number of aliphatic hydroxyl groups excluding tert-OH is 1. The van der Waals surface area contributed by atoms with E-state index in [1.165, 1.54) is 4.90 Å². The number of aromatic nitrogens is 2. The van der Waals surface area contributed by atoms with Crippen molar-refractivity contribution in [1.29, 1.82) is 0 Å². The molecule has 8 nitrogen and oxygen atoms in total. The maximum absolute atomic E-state index is 13.5. The number of fused-ring (bicyclic) bond motifs is 3. The molecule has 2 aromatic carbocycles. The minimum Gasteiger partial charge on any atom is -0.393 e. The Kier molecular flexibility index (Phi) is 7.69. The fourth-order valence-corrected chi connectivity index (χ4v) is 5.83. The molecule has 36 heavy (non-hydrogen) atoms. The summed E-state index contributed by atoms with van der Waals surface area (Å²) in [6.45, 7) is 2.78. The van der Waals surface area contributed by atoms with Crippen molar-refractivity contribution in [2.45, 2.75) is 36.0 Å². The largest absolute Gasteiger partial charge is 0.393 e. The van der Waals surface area contributed by atoms with Gasteiger partial charge >= 0.3 is 0 Å². The van der Waals surface area contributed by atoms with Crippen LogP contribution in [0.1, 0.15) is 34.5 Å². The molecule has 2 aliphatic rings. The number of morpholine rings is 1. The Morgan fingerprint density at radius 2 is 2.03 bits per heavy atom. The van der Waals surface area contributed by atoms with Crippen LogP contribution in [0.4, 0.5) is 0 Å². The summed E-state index contributed by atoms with van der Waals surface area (Å²) in [5.74, 6) is 0.633. The van der Waals surface area contributed by atoms with E-state index in [1.54, 1.807) is 11.8 Å². The van der Waals surface area contributed by atoms with Gasteiger partial charge in [-0.2, -0.15) is 5.10 Å². The Morgan fingerprint density at radius 3 is 2.86 bits per heavy atom. The Labute approximate surface area is 214 Å². The number of amides is 2. The molecule has 3 heterocycles. The average Bonchev–Trinajstić information content (AvgIpc) is 3.32. The van der Waals surface area contributed by atoms with Crippen molar-refractivity contribution in [3.63, 3.8) is 0 Å². The lowest BCUT2D eigenvalue weighted by Crippen LogP contribution is -2.41. The number of carbonyl (C=O) groups excluding carboxylic acids is 2. The van der Waals surface area contributed by atoms with E-state index in [0.29, 0.717) is 70.0 Å². The van der Waals surface area contributed by atoms with Gasteiger partial charge in [0.15, 0.2) is 5.69 Å². The standard InChI is InChI=1S/C27H30N4O4S/c32-18-28-10-4-7-21(33)16-19-5-3-6-20(15-19)31-26-22-8-1-2-9-24(22)36-17-23(26)25(29-31)27(34)30-11-13-35-14-12-30/h1-3,5-6,8-9,15,18,21,33H,4,7,10-14,16-17H2,(H,28,32). The number of aliphatic hydroxyl groups is 1. The quantitative estimate of drug-likeness (QED) is 0.342. The number of benzene rings is 2. The first-order valence-corrected chi connectivity index (χ1v) is 13.3. The van der Waals surface area contributed by atoms with Gasteiger partial charge in [-0.25, -0.2) is 4.68 Å². The first kappa shape index (κ1) is 24.5. The van der Waals surface area contributed by atoms with Crippen LogP contribution in [0, 0.1) is 0 Å². The van der Waals surface area contributed by atoms with Crippen LogP contribution in [-0.2, 0) is 21.7 Å². The van der Waals surface area contributed by atoms with E-state index in [-0.39, 0.29) is 5.91 Å². The van der Waals surface area contributed by atoms with Crippen LogP contribution < -0.4 is 5.32 Å². The second-order valence-corrected chi connectivity index (χ2v) is 10.0. The fraction of sp³-hybridized carbons (Fsp3) is 0.370. The summed E-state index contributed by atoms with van der Waals surface area (Å²) in [5, 5.41) is 18.0. The smallest absolute Gasteiger partial charge is 0.274 e. The molecule has 2 amide bonds. The van der Waals surface area contributed by atoms with Gasteiger partial charge in [0.05, 0.1) is 30.7 Å². The van der Waals surface area contributed by atoms with Gasteiger partial charge in [0.1, 0.15) is 0 Å². The van der Waals surface area contributed by atoms with Gasteiger partial charge in [0.25, 0.3) is 5.91 Å². The average molecular weight is 507 g/mol. The topological polar surface area (TPSA) is 96.7 Å². The van der Waals surface area contributed by atoms with Crippen LogP contribution in [0.2, 0.25) is 0 Å². The van der Waals surface area contributed by atoms with Crippen LogP contribution >= 0.6 is 11.8 Å². The highest BCUT2D eigenvalue weighted by atomic mass is 32.2. The molecule has 1 atom stereocenters. The first-order chi connectivity index (χ1) is 17.7. The van der Waals surface area contributed by atoms with Crippen LogP contribution in [0.3, 0.4) is 0 Å². The molecule has 188 valence electrons. The highest BCUT2D eigenvalue weighted by Gasteiger charge is 2.31. The molecule has 1 unspecified atom stereocenters. The van der Waals surface area contributed by atoms with E-state index in [9.17, 15) is 14.7 Å².